The molecule has 0 unspecified atom stereocenters. The van der Waals surface area contributed by atoms with Gasteiger partial charge in [0.15, 0.2) is 0 Å². The Hall–Kier alpha value is -2.62. The number of methoxy groups -OCH3 is 1. The second kappa shape index (κ2) is 7.09. The van der Waals surface area contributed by atoms with Crippen molar-refractivity contribution in [2.75, 3.05) is 7.11 Å². The summed E-state index contributed by atoms with van der Waals surface area (Å²) < 4.78 is 5.26. The van der Waals surface area contributed by atoms with Crippen molar-refractivity contribution >= 4 is 10.8 Å². The summed E-state index contributed by atoms with van der Waals surface area (Å²) in [4.78, 5) is 11.9. The van der Waals surface area contributed by atoms with Gasteiger partial charge in [-0.2, -0.15) is 5.10 Å². The van der Waals surface area contributed by atoms with E-state index in [2.05, 4.69) is 34.5 Å². The third-order valence-corrected chi connectivity index (χ3v) is 4.05. The molecule has 0 amide bonds. The Morgan fingerprint density at radius 3 is 2.57 bits per heavy atom. The first-order valence-corrected chi connectivity index (χ1v) is 7.87. The zero-order valence-electron chi connectivity index (χ0n) is 13.2. The number of aryl methyl sites for hydroxylation is 2. The van der Waals surface area contributed by atoms with Crippen molar-refractivity contribution in [3.05, 3.63) is 70.1 Å². The zero-order valence-corrected chi connectivity index (χ0v) is 13.2. The Morgan fingerprint density at radius 1 is 1.00 bits per heavy atom. The quantitative estimate of drug-likeness (QED) is 0.709. The molecule has 1 N–H and O–H groups in total. The Kier molecular flexibility index (Phi) is 4.71. The molecule has 0 aliphatic carbocycles. The van der Waals surface area contributed by atoms with Gasteiger partial charge in [0.2, 0.25) is 0 Å². The number of benzene rings is 2. The maximum atomic E-state index is 11.9. The van der Waals surface area contributed by atoms with Crippen LogP contribution in [0.15, 0.2) is 53.3 Å². The van der Waals surface area contributed by atoms with Gasteiger partial charge in [-0.25, -0.2) is 5.10 Å². The molecule has 3 rings (SSSR count). The minimum atomic E-state index is -0.157. The van der Waals surface area contributed by atoms with Crippen molar-refractivity contribution in [3.8, 4) is 5.75 Å². The number of fused-ring (bicyclic) bond motifs is 1. The second-order valence-electron chi connectivity index (χ2n) is 5.60. The van der Waals surface area contributed by atoms with Crippen molar-refractivity contribution in [2.45, 2.75) is 25.7 Å². The third kappa shape index (κ3) is 3.59. The minimum Gasteiger partial charge on any atom is -0.497 e. The minimum absolute atomic E-state index is 0.157. The lowest BCUT2D eigenvalue weighted by atomic mass is 10.0. The second-order valence-corrected chi connectivity index (χ2v) is 5.60. The molecule has 118 valence electrons. The van der Waals surface area contributed by atoms with Gasteiger partial charge < -0.3 is 4.74 Å². The molecule has 3 aromatic rings. The number of hydrogen-bond donors (Lipinski definition) is 1. The van der Waals surface area contributed by atoms with Crippen LogP contribution in [-0.2, 0) is 12.8 Å². The number of aromatic nitrogens is 2. The maximum absolute atomic E-state index is 11.9. The molecule has 0 aliphatic heterocycles. The molecule has 23 heavy (non-hydrogen) atoms. The fourth-order valence-electron chi connectivity index (χ4n) is 2.78. The molecule has 1 aromatic heterocycles. The first kappa shape index (κ1) is 15.3. The van der Waals surface area contributed by atoms with E-state index >= 15 is 0 Å². The van der Waals surface area contributed by atoms with Crippen molar-refractivity contribution < 1.29 is 4.74 Å². The van der Waals surface area contributed by atoms with Gasteiger partial charge in [0, 0.05) is 5.39 Å². The van der Waals surface area contributed by atoms with Crippen LogP contribution < -0.4 is 10.3 Å². The highest BCUT2D eigenvalue weighted by atomic mass is 16.5. The fourth-order valence-corrected chi connectivity index (χ4v) is 2.78. The summed E-state index contributed by atoms with van der Waals surface area (Å²) in [7, 11) is 1.63. The first-order chi connectivity index (χ1) is 11.3. The molecule has 0 saturated carbocycles. The molecule has 0 radical (unpaired) electrons. The monoisotopic (exact) mass is 308 g/mol. The highest BCUT2D eigenvalue weighted by Gasteiger charge is 2.08. The van der Waals surface area contributed by atoms with Crippen LogP contribution >= 0.6 is 0 Å². The van der Waals surface area contributed by atoms with Gasteiger partial charge in [-0.3, -0.25) is 4.79 Å². The lowest BCUT2D eigenvalue weighted by Gasteiger charge is -2.07. The molecule has 0 fully saturated rings. The number of H-pyrrole nitrogens is 1. The number of ether oxygens (including phenoxy) is 1. The molecule has 4 nitrogen and oxygen atoms in total. The molecule has 2 aromatic carbocycles. The summed E-state index contributed by atoms with van der Waals surface area (Å²) in [6, 6.07) is 16.0. The average Bonchev–Trinajstić information content (AvgIpc) is 2.61. The van der Waals surface area contributed by atoms with E-state index in [9.17, 15) is 4.79 Å². The number of nitrogens with one attached hydrogen (secondary N) is 1. The van der Waals surface area contributed by atoms with E-state index in [4.69, 9.17) is 4.74 Å². The molecule has 0 saturated heterocycles. The molecular formula is C19H20N2O2. The lowest BCUT2D eigenvalue weighted by molar-refractivity contribution is 0.415. The van der Waals surface area contributed by atoms with Crippen LogP contribution in [0, 0.1) is 0 Å². The standard InChI is InChI=1S/C19H20N2O2/c1-23-15-11-12-16-17(13-15)18(20-21-19(16)22)10-6-5-9-14-7-3-2-4-8-14/h2-4,7-8,11-13H,5-6,9-10H2,1H3,(H,21,22). The van der Waals surface area contributed by atoms with Gasteiger partial charge in [-0.05, 0) is 49.4 Å². The van der Waals surface area contributed by atoms with Gasteiger partial charge in [0.1, 0.15) is 5.75 Å². The van der Waals surface area contributed by atoms with Gasteiger partial charge in [0.25, 0.3) is 5.56 Å². The molecular weight excluding hydrogens is 288 g/mol. The lowest BCUT2D eigenvalue weighted by Crippen LogP contribution is -2.11. The van der Waals surface area contributed by atoms with E-state index in [0.29, 0.717) is 5.39 Å². The summed E-state index contributed by atoms with van der Waals surface area (Å²) in [5.41, 5.74) is 2.12. The van der Waals surface area contributed by atoms with Gasteiger partial charge in [-0.15, -0.1) is 0 Å². The smallest absolute Gasteiger partial charge is 0.272 e. The molecule has 0 bridgehead atoms. The Balaban J connectivity index is 1.72. The molecule has 4 heteroatoms. The maximum Gasteiger partial charge on any atom is 0.272 e. The van der Waals surface area contributed by atoms with Crippen LogP contribution in [0.4, 0.5) is 0 Å². The number of hydrogen-bond acceptors (Lipinski definition) is 3. The predicted octanol–water partition coefficient (Wildman–Crippen LogP) is 3.50. The average molecular weight is 308 g/mol. The fraction of sp³-hybridized carbons (Fsp3) is 0.263. The normalized spacial score (nSPS) is 10.8. The number of unbranched alkanes of at least 4 members (excludes halogenated alkanes) is 1. The highest BCUT2D eigenvalue weighted by Crippen LogP contribution is 2.21. The number of rotatable bonds is 6. The van der Waals surface area contributed by atoms with E-state index in [1.165, 1.54) is 5.56 Å². The van der Waals surface area contributed by atoms with E-state index in [-0.39, 0.29) is 5.56 Å². The molecule has 0 atom stereocenters. The summed E-state index contributed by atoms with van der Waals surface area (Å²) >= 11 is 0. The predicted molar refractivity (Wildman–Crippen MR) is 92.0 cm³/mol. The van der Waals surface area contributed by atoms with Crippen molar-refractivity contribution in [1.29, 1.82) is 0 Å². The van der Waals surface area contributed by atoms with Crippen LogP contribution in [0.5, 0.6) is 5.75 Å². The largest absolute Gasteiger partial charge is 0.497 e. The molecule has 1 heterocycles. The van der Waals surface area contributed by atoms with Crippen molar-refractivity contribution in [3.63, 3.8) is 0 Å². The molecule has 0 aliphatic rings. The number of aromatic amines is 1. The van der Waals surface area contributed by atoms with E-state index in [0.717, 1.165) is 42.5 Å². The topological polar surface area (TPSA) is 55.0 Å². The van der Waals surface area contributed by atoms with Gasteiger partial charge in [0.05, 0.1) is 18.2 Å². The summed E-state index contributed by atoms with van der Waals surface area (Å²) in [6.07, 6.45) is 4.02. The van der Waals surface area contributed by atoms with Crippen LogP contribution in [0.3, 0.4) is 0 Å². The van der Waals surface area contributed by atoms with Gasteiger partial charge >= 0.3 is 0 Å². The van der Waals surface area contributed by atoms with Crippen LogP contribution in [-0.4, -0.2) is 17.3 Å². The molecule has 0 spiro atoms. The van der Waals surface area contributed by atoms with E-state index < -0.39 is 0 Å². The van der Waals surface area contributed by atoms with Crippen molar-refractivity contribution in [2.24, 2.45) is 0 Å². The summed E-state index contributed by atoms with van der Waals surface area (Å²) in [5, 5.41) is 8.37. The Bertz CT molecular complexity index is 841. The van der Waals surface area contributed by atoms with Crippen LogP contribution in [0.25, 0.3) is 10.8 Å². The van der Waals surface area contributed by atoms with Gasteiger partial charge in [-0.1, -0.05) is 30.3 Å². The third-order valence-electron chi connectivity index (χ3n) is 4.05. The highest BCUT2D eigenvalue weighted by molar-refractivity contribution is 5.84. The van der Waals surface area contributed by atoms with E-state index in [1.807, 2.05) is 12.1 Å². The Labute approximate surface area is 135 Å². The van der Waals surface area contributed by atoms with Crippen molar-refractivity contribution in [1.82, 2.24) is 10.2 Å². The SMILES string of the molecule is COc1ccc2c(=O)[nH]nc(CCCCc3ccccc3)c2c1. The Morgan fingerprint density at radius 2 is 1.78 bits per heavy atom. The van der Waals surface area contributed by atoms with Crippen LogP contribution in [0.2, 0.25) is 0 Å². The summed E-state index contributed by atoms with van der Waals surface area (Å²) in [5.74, 6) is 0.746. The summed E-state index contributed by atoms with van der Waals surface area (Å²) in [6.45, 7) is 0. The number of nitrogens with zero attached hydrogens (tertiary/aromatic N) is 1. The zero-order chi connectivity index (χ0) is 16.1. The first-order valence-electron chi connectivity index (χ1n) is 7.87. The van der Waals surface area contributed by atoms with Crippen LogP contribution in [0.1, 0.15) is 24.1 Å². The van der Waals surface area contributed by atoms with E-state index in [1.54, 1.807) is 19.2 Å².